The molecule has 0 aliphatic carbocycles. The molecule has 1 unspecified atom stereocenters. The molecule has 0 saturated heterocycles. The molecule has 2 aromatic heterocycles. The van der Waals surface area contributed by atoms with Crippen LogP contribution in [0, 0.1) is 13.8 Å². The topological polar surface area (TPSA) is 52.1 Å². The highest BCUT2D eigenvalue weighted by Crippen LogP contribution is 2.42. The lowest BCUT2D eigenvalue weighted by Crippen LogP contribution is -1.99. The van der Waals surface area contributed by atoms with E-state index >= 15 is 0 Å². The van der Waals surface area contributed by atoms with Crippen molar-refractivity contribution in [2.24, 2.45) is 0 Å². The van der Waals surface area contributed by atoms with Crippen molar-refractivity contribution in [2.45, 2.75) is 47.0 Å². The van der Waals surface area contributed by atoms with Crippen molar-refractivity contribution in [3.63, 3.8) is 0 Å². The molecule has 4 aromatic rings. The second-order valence-corrected chi connectivity index (χ2v) is 11.5. The molecule has 0 radical (unpaired) electrons. The smallest absolute Gasteiger partial charge is 0.244 e. The maximum Gasteiger partial charge on any atom is 0.244 e. The van der Waals surface area contributed by atoms with Gasteiger partial charge in [-0.3, -0.25) is 14.5 Å². The van der Waals surface area contributed by atoms with E-state index in [1.54, 1.807) is 6.66 Å². The minimum atomic E-state index is -2.56. The first kappa shape index (κ1) is 22.5. The Hall–Kier alpha value is -2.71. The third-order valence-electron chi connectivity index (χ3n) is 6.12. The summed E-state index contributed by atoms with van der Waals surface area (Å²) >= 11 is 0. The van der Waals surface area contributed by atoms with Crippen LogP contribution in [0.3, 0.4) is 0 Å². The lowest BCUT2D eigenvalue weighted by Gasteiger charge is -2.15. The summed E-state index contributed by atoms with van der Waals surface area (Å²) in [7, 11) is -2.56. The van der Waals surface area contributed by atoms with Gasteiger partial charge < -0.3 is 4.52 Å². The van der Waals surface area contributed by atoms with Crippen LogP contribution in [-0.4, -0.2) is 22.8 Å². The van der Waals surface area contributed by atoms with Crippen molar-refractivity contribution in [3.8, 4) is 5.75 Å². The van der Waals surface area contributed by atoms with E-state index in [9.17, 15) is 4.57 Å². The van der Waals surface area contributed by atoms with E-state index in [1.165, 1.54) is 22.1 Å². The molecule has 0 fully saturated rings. The Morgan fingerprint density at radius 3 is 2.50 bits per heavy atom. The lowest BCUT2D eigenvalue weighted by atomic mass is 9.99. The van der Waals surface area contributed by atoms with Gasteiger partial charge in [0.25, 0.3) is 0 Å². The van der Waals surface area contributed by atoms with Crippen LogP contribution >= 0.6 is 7.37 Å². The highest BCUT2D eigenvalue weighted by atomic mass is 31.2. The molecule has 4 nitrogen and oxygen atoms in total. The number of benzene rings is 2. The van der Waals surface area contributed by atoms with Gasteiger partial charge in [-0.1, -0.05) is 32.0 Å². The maximum atomic E-state index is 12.3. The maximum absolute atomic E-state index is 12.3. The van der Waals surface area contributed by atoms with Gasteiger partial charge in [-0.2, -0.15) is 0 Å². The zero-order valence-electron chi connectivity index (χ0n) is 19.6. The van der Waals surface area contributed by atoms with Crippen molar-refractivity contribution in [3.05, 3.63) is 76.6 Å². The molecule has 4 rings (SSSR count). The number of rotatable bonds is 7. The van der Waals surface area contributed by atoms with Crippen molar-refractivity contribution in [1.29, 1.82) is 0 Å². The molecule has 166 valence electrons. The molecule has 0 aliphatic rings. The standard InChI is InChI=1S/C27H31N2O2P/c1-6-25-27-24(23-13-8-18(3)14-26(23)29-25)16-20(17-28-27)9-10-21-11-12-22(15-19(21)4)31-32(5,30)7-2/h8,11-17H,6-7,9-10H2,1-5H3. The van der Waals surface area contributed by atoms with Crippen molar-refractivity contribution in [2.75, 3.05) is 12.8 Å². The molecular weight excluding hydrogens is 415 g/mol. The molecule has 0 amide bonds. The number of fused-ring (bicyclic) bond motifs is 3. The Labute approximate surface area is 190 Å². The van der Waals surface area contributed by atoms with Gasteiger partial charge in [0, 0.05) is 29.8 Å². The summed E-state index contributed by atoms with van der Waals surface area (Å²) in [5.41, 5.74) is 7.96. The first-order chi connectivity index (χ1) is 15.3. The molecule has 5 heteroatoms. The highest BCUT2D eigenvalue weighted by Gasteiger charge is 2.15. The molecule has 0 aliphatic heterocycles. The predicted octanol–water partition coefficient (Wildman–Crippen LogP) is 7.05. The second kappa shape index (κ2) is 9.03. The van der Waals surface area contributed by atoms with Crippen molar-refractivity contribution in [1.82, 2.24) is 9.97 Å². The first-order valence-electron chi connectivity index (χ1n) is 11.3. The number of hydrogen-bond acceptors (Lipinski definition) is 4. The summed E-state index contributed by atoms with van der Waals surface area (Å²) < 4.78 is 18.0. The number of aromatic nitrogens is 2. The normalized spacial score (nSPS) is 13.4. The number of aryl methyl sites for hydroxylation is 5. The molecule has 0 saturated carbocycles. The van der Waals surface area contributed by atoms with Gasteiger partial charge in [-0.05, 0) is 79.6 Å². The third-order valence-corrected chi connectivity index (χ3v) is 7.87. The van der Waals surface area contributed by atoms with Crippen molar-refractivity contribution >= 4 is 29.2 Å². The fraction of sp³-hybridized carbons (Fsp3) is 0.333. The largest absolute Gasteiger partial charge is 0.443 e. The van der Waals surface area contributed by atoms with Gasteiger partial charge >= 0.3 is 0 Å². The average Bonchev–Trinajstić information content (AvgIpc) is 2.77. The summed E-state index contributed by atoms with van der Waals surface area (Å²) in [5.74, 6) is 0.688. The van der Waals surface area contributed by atoms with Crippen LogP contribution in [0.4, 0.5) is 0 Å². The van der Waals surface area contributed by atoms with Crippen LogP contribution in [0.15, 0.2) is 48.7 Å². The zero-order chi connectivity index (χ0) is 22.9. The highest BCUT2D eigenvalue weighted by molar-refractivity contribution is 7.58. The SMILES string of the molecule is CCc1nc2cc(C)ccc2c2cc(CCc3ccc(OP(C)(=O)CC)cc3C)cnc12. The van der Waals surface area contributed by atoms with Crippen LogP contribution in [0.5, 0.6) is 5.75 Å². The van der Waals surface area contributed by atoms with E-state index in [0.29, 0.717) is 11.9 Å². The van der Waals surface area contributed by atoms with E-state index in [2.05, 4.69) is 51.1 Å². The van der Waals surface area contributed by atoms with Gasteiger partial charge in [-0.15, -0.1) is 0 Å². The van der Waals surface area contributed by atoms with Crippen LogP contribution < -0.4 is 4.52 Å². The summed E-state index contributed by atoms with van der Waals surface area (Å²) in [5, 5.41) is 2.35. The van der Waals surface area contributed by atoms with E-state index in [1.807, 2.05) is 25.3 Å². The van der Waals surface area contributed by atoms with E-state index < -0.39 is 7.37 Å². The van der Waals surface area contributed by atoms with E-state index in [0.717, 1.165) is 46.9 Å². The first-order valence-corrected chi connectivity index (χ1v) is 13.6. The summed E-state index contributed by atoms with van der Waals surface area (Å²) in [6.07, 6.45) is 5.21. The zero-order valence-corrected chi connectivity index (χ0v) is 20.5. The molecule has 0 spiro atoms. The van der Waals surface area contributed by atoms with Crippen LogP contribution in [-0.2, 0) is 23.8 Å². The van der Waals surface area contributed by atoms with Gasteiger partial charge in [0.05, 0.1) is 16.7 Å². The number of nitrogens with zero attached hydrogens (tertiary/aromatic N) is 2. The van der Waals surface area contributed by atoms with Crippen LogP contribution in [0.25, 0.3) is 21.8 Å². The number of pyridine rings is 2. The predicted molar refractivity (Wildman–Crippen MR) is 134 cm³/mol. The minimum absolute atomic E-state index is 0.534. The fourth-order valence-electron chi connectivity index (χ4n) is 4.06. The Morgan fingerprint density at radius 2 is 1.78 bits per heavy atom. The van der Waals surface area contributed by atoms with Crippen molar-refractivity contribution < 1.29 is 9.09 Å². The third kappa shape index (κ3) is 4.71. The summed E-state index contributed by atoms with van der Waals surface area (Å²) in [6.45, 7) is 9.90. The molecule has 0 bridgehead atoms. The summed E-state index contributed by atoms with van der Waals surface area (Å²) in [4.78, 5) is 9.67. The average molecular weight is 447 g/mol. The molecule has 32 heavy (non-hydrogen) atoms. The Bertz CT molecular complexity index is 1350. The monoisotopic (exact) mass is 446 g/mol. The molecule has 2 aromatic carbocycles. The van der Waals surface area contributed by atoms with E-state index in [4.69, 9.17) is 14.5 Å². The van der Waals surface area contributed by atoms with Crippen LogP contribution in [0.2, 0.25) is 0 Å². The van der Waals surface area contributed by atoms with E-state index in [-0.39, 0.29) is 0 Å². The molecule has 0 N–H and O–H groups in total. The minimum Gasteiger partial charge on any atom is -0.443 e. The number of hydrogen-bond donors (Lipinski definition) is 0. The fourth-order valence-corrected chi connectivity index (χ4v) is 4.75. The molecule has 2 heterocycles. The Kier molecular flexibility index (Phi) is 6.35. The van der Waals surface area contributed by atoms with Gasteiger partial charge in [0.2, 0.25) is 7.37 Å². The lowest BCUT2D eigenvalue weighted by molar-refractivity contribution is 0.489. The van der Waals surface area contributed by atoms with Gasteiger partial charge in [-0.25, -0.2) is 0 Å². The molecule has 1 atom stereocenters. The Balaban J connectivity index is 1.61. The van der Waals surface area contributed by atoms with Gasteiger partial charge in [0.1, 0.15) is 5.75 Å². The van der Waals surface area contributed by atoms with Crippen LogP contribution in [0.1, 0.15) is 41.8 Å². The summed E-state index contributed by atoms with van der Waals surface area (Å²) in [6, 6.07) is 14.8. The molecular formula is C27H31N2O2P. The van der Waals surface area contributed by atoms with Gasteiger partial charge in [0.15, 0.2) is 0 Å². The Morgan fingerprint density at radius 1 is 0.969 bits per heavy atom. The quantitative estimate of drug-likeness (QED) is 0.225. The second-order valence-electron chi connectivity index (χ2n) is 8.68.